The van der Waals surface area contributed by atoms with Gasteiger partial charge in [0.2, 0.25) is 5.91 Å². The van der Waals surface area contributed by atoms with Gasteiger partial charge in [-0.25, -0.2) is 4.79 Å². The molecule has 2 aliphatic rings. The van der Waals surface area contributed by atoms with Gasteiger partial charge in [-0.3, -0.25) is 24.0 Å². The molecule has 2 N–H and O–H groups in total. The molecule has 0 aromatic carbocycles. The van der Waals surface area contributed by atoms with E-state index in [9.17, 15) is 24.3 Å². The number of hydrogen-bond acceptors (Lipinski definition) is 7. The molecule has 2 amide bonds. The number of amides is 2. The number of halogens is 1. The Balaban J connectivity index is 1.73. The fraction of sp³-hybridized carbons (Fsp3) is 0.471. The average molecular weight is 443 g/mol. The molecule has 3 heterocycles. The number of aromatic nitrogens is 2. The topological polar surface area (TPSA) is 131 Å². The maximum Gasteiger partial charge on any atom is 0.352 e. The molecule has 3 atom stereocenters. The minimum atomic E-state index is -1.29. The van der Waals surface area contributed by atoms with Crippen molar-refractivity contribution in [1.82, 2.24) is 20.0 Å². The summed E-state index contributed by atoms with van der Waals surface area (Å²) >= 11 is 7.27. The zero-order chi connectivity index (χ0) is 21.5. The molecule has 1 aromatic rings. The molecule has 1 fully saturated rings. The van der Waals surface area contributed by atoms with Crippen LogP contribution in [0.2, 0.25) is 5.02 Å². The fourth-order valence-corrected chi connectivity index (χ4v) is 4.62. The van der Waals surface area contributed by atoms with Crippen LogP contribution in [0, 0.1) is 6.92 Å². The van der Waals surface area contributed by atoms with Crippen molar-refractivity contribution in [2.24, 2.45) is 0 Å². The van der Waals surface area contributed by atoms with E-state index in [4.69, 9.17) is 16.3 Å². The smallest absolute Gasteiger partial charge is 0.352 e. The molecular weight excluding hydrogens is 424 g/mol. The molecule has 10 nitrogen and oxygen atoms in total. The second-order valence-electron chi connectivity index (χ2n) is 6.63. The number of hydrogen-bond donors (Lipinski definition) is 2. The van der Waals surface area contributed by atoms with Crippen LogP contribution < -0.4 is 5.32 Å². The van der Waals surface area contributed by atoms with E-state index < -0.39 is 41.2 Å². The number of nitrogens with zero attached hydrogens (tertiary/aromatic N) is 3. The molecule has 2 aliphatic heterocycles. The van der Waals surface area contributed by atoms with Crippen molar-refractivity contribution in [3.63, 3.8) is 0 Å². The Morgan fingerprint density at radius 1 is 1.48 bits per heavy atom. The van der Waals surface area contributed by atoms with Gasteiger partial charge in [0.05, 0.1) is 16.9 Å². The van der Waals surface area contributed by atoms with Crippen LogP contribution >= 0.6 is 23.4 Å². The molecule has 0 unspecified atom stereocenters. The van der Waals surface area contributed by atoms with Crippen molar-refractivity contribution >= 4 is 47.1 Å². The lowest BCUT2D eigenvalue weighted by atomic mass is 10.0. The predicted molar refractivity (Wildman–Crippen MR) is 103 cm³/mol. The second kappa shape index (κ2) is 8.07. The van der Waals surface area contributed by atoms with Crippen molar-refractivity contribution in [3.8, 4) is 0 Å². The van der Waals surface area contributed by atoms with Gasteiger partial charge in [-0.05, 0) is 13.8 Å². The van der Waals surface area contributed by atoms with Gasteiger partial charge in [-0.2, -0.15) is 5.10 Å². The van der Waals surface area contributed by atoms with Crippen LogP contribution in [-0.2, 0) is 23.9 Å². The third-order valence-electron chi connectivity index (χ3n) is 4.73. The van der Waals surface area contributed by atoms with E-state index in [0.29, 0.717) is 16.3 Å². The van der Waals surface area contributed by atoms with Crippen LogP contribution in [0.15, 0.2) is 17.5 Å². The number of thioether (sulfide) groups is 1. The van der Waals surface area contributed by atoms with E-state index in [1.54, 1.807) is 13.8 Å². The number of fused-ring (bicyclic) bond motifs is 1. The predicted octanol–water partition coefficient (Wildman–Crippen LogP) is 0.708. The van der Waals surface area contributed by atoms with Gasteiger partial charge in [0.25, 0.3) is 5.91 Å². The van der Waals surface area contributed by atoms with Crippen molar-refractivity contribution in [2.45, 2.75) is 38.2 Å². The third kappa shape index (κ3) is 3.84. The highest BCUT2D eigenvalue weighted by Gasteiger charge is 2.54. The van der Waals surface area contributed by atoms with E-state index in [1.807, 2.05) is 0 Å². The highest BCUT2D eigenvalue weighted by molar-refractivity contribution is 8.00. The molecule has 12 heteroatoms. The highest BCUT2D eigenvalue weighted by Crippen LogP contribution is 2.40. The first-order chi connectivity index (χ1) is 13.6. The Bertz CT molecular complexity index is 929. The molecule has 29 heavy (non-hydrogen) atoms. The minimum Gasteiger partial charge on any atom is -0.477 e. The maximum absolute atomic E-state index is 12.6. The van der Waals surface area contributed by atoms with Gasteiger partial charge >= 0.3 is 11.9 Å². The summed E-state index contributed by atoms with van der Waals surface area (Å²) in [5, 5.41) is 16.1. The zero-order valence-corrected chi connectivity index (χ0v) is 17.4. The Hall–Kier alpha value is -2.53. The summed E-state index contributed by atoms with van der Waals surface area (Å²) in [5.74, 6) is -2.53. The number of ether oxygens (including phenoxy) is 1. The lowest BCUT2D eigenvalue weighted by Crippen LogP contribution is -2.71. The molecular formula is C17H19ClN4O6S. The van der Waals surface area contributed by atoms with Gasteiger partial charge < -0.3 is 15.2 Å². The summed E-state index contributed by atoms with van der Waals surface area (Å²) in [6, 6.07) is -1.56. The average Bonchev–Trinajstić information content (AvgIpc) is 3.01. The Morgan fingerprint density at radius 3 is 2.72 bits per heavy atom. The molecule has 1 aromatic heterocycles. The molecule has 0 radical (unpaired) electrons. The first-order valence-corrected chi connectivity index (χ1v) is 10.1. The normalized spacial score (nSPS) is 21.9. The summed E-state index contributed by atoms with van der Waals surface area (Å²) in [6.45, 7) is 4.37. The van der Waals surface area contributed by atoms with Gasteiger partial charge in [0.15, 0.2) is 0 Å². The Labute approximate surface area is 175 Å². The number of carbonyl (C=O) groups is 4. The number of carbonyl (C=O) groups excluding carboxylic acids is 3. The van der Waals surface area contributed by atoms with Crippen LogP contribution in [0.4, 0.5) is 0 Å². The quantitative estimate of drug-likeness (QED) is 0.486. The lowest BCUT2D eigenvalue weighted by Gasteiger charge is -2.49. The SMILES string of the molecule is CC(=O)OCC1=C(C(=O)O)N2C(=O)[C@@H](NC(=O)[C@H](C)n3ncc(Cl)c3C)[C@H]2SC1. The standard InChI is InChI=1S/C17H19ClN4O6S/c1-7-11(18)4-19-22(7)8(2)14(24)20-12-15(25)21-13(17(26)27)10(5-28-9(3)23)6-29-16(12)21/h4,8,12,16H,5-6H2,1-3H3,(H,20,24)(H,26,27)/t8-,12+,16+/m0/s1. The van der Waals surface area contributed by atoms with Crippen molar-refractivity contribution in [1.29, 1.82) is 0 Å². The maximum atomic E-state index is 12.6. The van der Waals surface area contributed by atoms with Crippen molar-refractivity contribution in [3.05, 3.63) is 28.2 Å². The number of β-lactam (4-membered cyclic amide) rings is 1. The number of aliphatic carboxylic acids is 1. The molecule has 156 valence electrons. The highest BCUT2D eigenvalue weighted by atomic mass is 35.5. The first kappa shape index (κ1) is 21.2. The first-order valence-electron chi connectivity index (χ1n) is 8.66. The Kier molecular flexibility index (Phi) is 5.90. The van der Waals surface area contributed by atoms with Gasteiger partial charge in [0.1, 0.15) is 29.8 Å². The largest absolute Gasteiger partial charge is 0.477 e. The minimum absolute atomic E-state index is 0.201. The molecule has 0 saturated carbocycles. The zero-order valence-electron chi connectivity index (χ0n) is 15.8. The van der Waals surface area contributed by atoms with Gasteiger partial charge in [0, 0.05) is 18.2 Å². The van der Waals surface area contributed by atoms with E-state index in [-0.39, 0.29) is 18.1 Å². The lowest BCUT2D eigenvalue weighted by molar-refractivity contribution is -0.151. The van der Waals surface area contributed by atoms with E-state index in [2.05, 4.69) is 10.4 Å². The second-order valence-corrected chi connectivity index (χ2v) is 8.14. The van der Waals surface area contributed by atoms with Gasteiger partial charge in [-0.1, -0.05) is 11.6 Å². The molecule has 0 bridgehead atoms. The number of rotatable bonds is 6. The van der Waals surface area contributed by atoms with E-state index >= 15 is 0 Å². The number of esters is 1. The summed E-state index contributed by atoms with van der Waals surface area (Å²) in [4.78, 5) is 49.1. The van der Waals surface area contributed by atoms with Crippen LogP contribution in [0.25, 0.3) is 0 Å². The third-order valence-corrected chi connectivity index (χ3v) is 6.44. The van der Waals surface area contributed by atoms with Gasteiger partial charge in [-0.15, -0.1) is 11.8 Å². The van der Waals surface area contributed by atoms with Crippen LogP contribution in [0.5, 0.6) is 0 Å². The summed E-state index contributed by atoms with van der Waals surface area (Å²) in [5.41, 5.74) is 0.754. The Morgan fingerprint density at radius 2 is 2.17 bits per heavy atom. The molecule has 0 spiro atoms. The monoisotopic (exact) mass is 442 g/mol. The van der Waals surface area contributed by atoms with Crippen LogP contribution in [0.1, 0.15) is 25.6 Å². The van der Waals surface area contributed by atoms with E-state index in [0.717, 1.165) is 4.90 Å². The number of carboxylic acid groups (broad SMARTS) is 1. The fourth-order valence-electron chi connectivity index (χ4n) is 3.16. The summed E-state index contributed by atoms with van der Waals surface area (Å²) in [7, 11) is 0. The van der Waals surface area contributed by atoms with E-state index in [1.165, 1.54) is 29.6 Å². The molecule has 0 aliphatic carbocycles. The number of nitrogens with one attached hydrogen (secondary N) is 1. The molecule has 1 saturated heterocycles. The molecule has 3 rings (SSSR count). The van der Waals surface area contributed by atoms with Crippen LogP contribution in [0.3, 0.4) is 0 Å². The van der Waals surface area contributed by atoms with Crippen LogP contribution in [-0.4, -0.2) is 67.3 Å². The summed E-state index contributed by atoms with van der Waals surface area (Å²) in [6.07, 6.45) is 1.43. The number of carboxylic acids is 1. The van der Waals surface area contributed by atoms with Crippen molar-refractivity contribution < 1.29 is 29.0 Å². The van der Waals surface area contributed by atoms with Crippen molar-refractivity contribution in [2.75, 3.05) is 12.4 Å². The summed E-state index contributed by atoms with van der Waals surface area (Å²) < 4.78 is 6.34.